The first-order chi connectivity index (χ1) is 8.00. The second kappa shape index (κ2) is 4.50. The summed E-state index contributed by atoms with van der Waals surface area (Å²) in [6, 6.07) is 9.01. The van der Waals surface area contributed by atoms with Crippen molar-refractivity contribution >= 4 is 27.0 Å². The SMILES string of the molecule is Cc1cccc(C)c1NS(=O)(=O)c1cccs1. The summed E-state index contributed by atoms with van der Waals surface area (Å²) in [5.41, 5.74) is 2.51. The van der Waals surface area contributed by atoms with Gasteiger partial charge in [-0.1, -0.05) is 24.3 Å². The van der Waals surface area contributed by atoms with Crippen molar-refractivity contribution in [2.24, 2.45) is 0 Å². The van der Waals surface area contributed by atoms with Crippen molar-refractivity contribution in [1.29, 1.82) is 0 Å². The zero-order chi connectivity index (χ0) is 12.5. The van der Waals surface area contributed by atoms with Crippen LogP contribution in [0.25, 0.3) is 0 Å². The van der Waals surface area contributed by atoms with Crippen molar-refractivity contribution in [3.63, 3.8) is 0 Å². The normalized spacial score (nSPS) is 11.4. The van der Waals surface area contributed by atoms with Crippen LogP contribution >= 0.6 is 11.3 Å². The van der Waals surface area contributed by atoms with E-state index in [-0.39, 0.29) is 0 Å². The van der Waals surface area contributed by atoms with Gasteiger partial charge in [0.25, 0.3) is 10.0 Å². The van der Waals surface area contributed by atoms with Crippen LogP contribution in [0.2, 0.25) is 0 Å². The number of anilines is 1. The maximum atomic E-state index is 12.1. The van der Waals surface area contributed by atoms with E-state index < -0.39 is 10.0 Å². The molecule has 5 heteroatoms. The molecule has 2 rings (SSSR count). The Labute approximate surface area is 105 Å². The molecule has 90 valence electrons. The number of para-hydroxylation sites is 1. The lowest BCUT2D eigenvalue weighted by atomic mass is 10.1. The van der Waals surface area contributed by atoms with Gasteiger partial charge >= 0.3 is 0 Å². The topological polar surface area (TPSA) is 46.2 Å². The van der Waals surface area contributed by atoms with Crippen LogP contribution in [-0.4, -0.2) is 8.42 Å². The van der Waals surface area contributed by atoms with Crippen molar-refractivity contribution < 1.29 is 8.42 Å². The maximum absolute atomic E-state index is 12.1. The Hall–Kier alpha value is -1.33. The molecule has 0 spiro atoms. The molecule has 0 amide bonds. The van der Waals surface area contributed by atoms with E-state index in [0.29, 0.717) is 9.90 Å². The monoisotopic (exact) mass is 267 g/mol. The molecule has 0 aliphatic rings. The van der Waals surface area contributed by atoms with Crippen LogP contribution in [0.15, 0.2) is 39.9 Å². The van der Waals surface area contributed by atoms with Gasteiger partial charge in [0.1, 0.15) is 4.21 Å². The minimum atomic E-state index is -3.45. The molecule has 17 heavy (non-hydrogen) atoms. The molecule has 2 aromatic rings. The highest BCUT2D eigenvalue weighted by molar-refractivity contribution is 7.94. The molecule has 0 atom stereocenters. The summed E-state index contributed by atoms with van der Waals surface area (Å²) in [7, 11) is -3.45. The molecule has 0 aliphatic heterocycles. The Kier molecular flexibility index (Phi) is 3.22. The van der Waals surface area contributed by atoms with E-state index in [4.69, 9.17) is 0 Å². The number of aryl methyl sites for hydroxylation is 2. The summed E-state index contributed by atoms with van der Waals surface area (Å²) in [5, 5.41) is 1.75. The van der Waals surface area contributed by atoms with Crippen LogP contribution in [0.4, 0.5) is 5.69 Å². The van der Waals surface area contributed by atoms with Crippen LogP contribution in [-0.2, 0) is 10.0 Å². The first-order valence-electron chi connectivity index (χ1n) is 5.13. The average molecular weight is 267 g/mol. The highest BCUT2D eigenvalue weighted by atomic mass is 32.2. The summed E-state index contributed by atoms with van der Waals surface area (Å²) in [6.07, 6.45) is 0. The molecular weight excluding hydrogens is 254 g/mol. The predicted molar refractivity (Wildman–Crippen MR) is 71.0 cm³/mol. The van der Waals surface area contributed by atoms with Gasteiger partial charge in [-0.15, -0.1) is 11.3 Å². The van der Waals surface area contributed by atoms with Gasteiger partial charge in [0.2, 0.25) is 0 Å². The molecule has 3 nitrogen and oxygen atoms in total. The fourth-order valence-electron chi connectivity index (χ4n) is 1.58. The minimum absolute atomic E-state index is 0.333. The molecule has 0 saturated carbocycles. The summed E-state index contributed by atoms with van der Waals surface area (Å²) in [5.74, 6) is 0. The zero-order valence-corrected chi connectivity index (χ0v) is 11.2. The van der Waals surface area contributed by atoms with Gasteiger partial charge in [0.05, 0.1) is 5.69 Å². The minimum Gasteiger partial charge on any atom is -0.278 e. The molecule has 1 heterocycles. The van der Waals surface area contributed by atoms with Crippen molar-refractivity contribution in [2.75, 3.05) is 4.72 Å². The van der Waals surface area contributed by atoms with Crippen LogP contribution < -0.4 is 4.72 Å². The van der Waals surface area contributed by atoms with Crippen molar-refractivity contribution in [3.05, 3.63) is 46.8 Å². The number of hydrogen-bond donors (Lipinski definition) is 1. The Morgan fingerprint density at radius 3 is 2.24 bits per heavy atom. The molecule has 0 saturated heterocycles. The first kappa shape index (κ1) is 12.1. The average Bonchev–Trinajstić information content (AvgIpc) is 2.77. The Morgan fingerprint density at radius 1 is 1.06 bits per heavy atom. The van der Waals surface area contributed by atoms with Crippen molar-refractivity contribution in [3.8, 4) is 0 Å². The highest BCUT2D eigenvalue weighted by Gasteiger charge is 2.16. The summed E-state index contributed by atoms with van der Waals surface area (Å²) in [6.45, 7) is 3.78. The Bertz CT molecular complexity index is 596. The fraction of sp³-hybridized carbons (Fsp3) is 0.167. The van der Waals surface area contributed by atoms with E-state index in [2.05, 4.69) is 4.72 Å². The van der Waals surface area contributed by atoms with E-state index in [1.165, 1.54) is 11.3 Å². The van der Waals surface area contributed by atoms with Gasteiger partial charge in [-0.25, -0.2) is 8.42 Å². The van der Waals surface area contributed by atoms with E-state index >= 15 is 0 Å². The molecular formula is C12H13NO2S2. The predicted octanol–water partition coefficient (Wildman–Crippen LogP) is 3.17. The summed E-state index contributed by atoms with van der Waals surface area (Å²) in [4.78, 5) is 0. The molecule has 1 N–H and O–H groups in total. The quantitative estimate of drug-likeness (QED) is 0.928. The third-order valence-corrected chi connectivity index (χ3v) is 5.22. The van der Waals surface area contributed by atoms with Gasteiger partial charge in [-0.05, 0) is 36.4 Å². The zero-order valence-electron chi connectivity index (χ0n) is 9.60. The van der Waals surface area contributed by atoms with Gasteiger partial charge < -0.3 is 0 Å². The Balaban J connectivity index is 2.40. The van der Waals surface area contributed by atoms with Crippen LogP contribution in [0.3, 0.4) is 0 Å². The molecule has 0 radical (unpaired) electrons. The van der Waals surface area contributed by atoms with E-state index in [0.717, 1.165) is 11.1 Å². The standard InChI is InChI=1S/C12H13NO2S2/c1-9-5-3-6-10(2)12(9)13-17(14,15)11-7-4-8-16-11/h3-8,13H,1-2H3. The fourth-order valence-corrected chi connectivity index (χ4v) is 3.77. The molecule has 1 aromatic heterocycles. The van der Waals surface area contributed by atoms with Gasteiger partial charge in [-0.3, -0.25) is 4.72 Å². The lowest BCUT2D eigenvalue weighted by Gasteiger charge is -2.11. The number of rotatable bonds is 3. The molecule has 0 unspecified atom stereocenters. The molecule has 0 fully saturated rings. The number of nitrogens with one attached hydrogen (secondary N) is 1. The molecule has 0 bridgehead atoms. The summed E-state index contributed by atoms with van der Waals surface area (Å²) >= 11 is 1.21. The van der Waals surface area contributed by atoms with E-state index in [9.17, 15) is 8.42 Å². The Morgan fingerprint density at radius 2 is 1.71 bits per heavy atom. The molecule has 1 aromatic carbocycles. The van der Waals surface area contributed by atoms with Crippen molar-refractivity contribution in [2.45, 2.75) is 18.1 Å². The summed E-state index contributed by atoms with van der Waals surface area (Å²) < 4.78 is 27.1. The van der Waals surface area contributed by atoms with E-state index in [1.807, 2.05) is 32.0 Å². The maximum Gasteiger partial charge on any atom is 0.271 e. The second-order valence-corrected chi connectivity index (χ2v) is 6.66. The largest absolute Gasteiger partial charge is 0.278 e. The van der Waals surface area contributed by atoms with Gasteiger partial charge in [-0.2, -0.15) is 0 Å². The second-order valence-electron chi connectivity index (χ2n) is 3.80. The van der Waals surface area contributed by atoms with Crippen LogP contribution in [0.5, 0.6) is 0 Å². The molecule has 0 aliphatic carbocycles. The first-order valence-corrected chi connectivity index (χ1v) is 7.49. The van der Waals surface area contributed by atoms with Crippen molar-refractivity contribution in [1.82, 2.24) is 0 Å². The highest BCUT2D eigenvalue weighted by Crippen LogP contribution is 2.25. The number of benzene rings is 1. The van der Waals surface area contributed by atoms with E-state index in [1.54, 1.807) is 17.5 Å². The third-order valence-electron chi connectivity index (χ3n) is 2.48. The number of thiophene rings is 1. The lowest BCUT2D eigenvalue weighted by Crippen LogP contribution is -2.13. The van der Waals surface area contributed by atoms with Gasteiger partial charge in [0, 0.05) is 0 Å². The third kappa shape index (κ3) is 2.50. The number of hydrogen-bond acceptors (Lipinski definition) is 3. The lowest BCUT2D eigenvalue weighted by molar-refractivity contribution is 0.603. The number of sulfonamides is 1. The smallest absolute Gasteiger partial charge is 0.271 e. The van der Waals surface area contributed by atoms with Gasteiger partial charge in [0.15, 0.2) is 0 Å². The van der Waals surface area contributed by atoms with Crippen LogP contribution in [0, 0.1) is 13.8 Å². The van der Waals surface area contributed by atoms with Crippen LogP contribution in [0.1, 0.15) is 11.1 Å².